The Hall–Kier alpha value is -1.98. The highest BCUT2D eigenvalue weighted by atomic mass is 16.2. The molecule has 1 aromatic rings. The second-order valence-electron chi connectivity index (χ2n) is 4.59. The fraction of sp³-hybridized carbons (Fsp3) is 0.500. The molecule has 18 heavy (non-hydrogen) atoms. The number of aromatic nitrogens is 1. The van der Waals surface area contributed by atoms with Gasteiger partial charge in [0.1, 0.15) is 17.8 Å². The maximum atomic E-state index is 11.5. The molecule has 0 bridgehead atoms. The third-order valence-corrected chi connectivity index (χ3v) is 3.40. The van der Waals surface area contributed by atoms with Crippen LogP contribution in [0, 0.1) is 0 Å². The predicted molar refractivity (Wildman–Crippen MR) is 71.9 cm³/mol. The number of rotatable bonds is 2. The number of carbonyl (C=O) groups excluding carboxylic acids is 1. The van der Waals surface area contributed by atoms with Gasteiger partial charge in [0.15, 0.2) is 0 Å². The maximum Gasteiger partial charge on any atom is 0.220 e. The van der Waals surface area contributed by atoms with Gasteiger partial charge < -0.3 is 21.3 Å². The first-order valence-electron chi connectivity index (χ1n) is 6.02. The van der Waals surface area contributed by atoms with Gasteiger partial charge in [-0.2, -0.15) is 0 Å². The molecule has 1 unspecified atom stereocenters. The highest BCUT2D eigenvalue weighted by molar-refractivity contribution is 5.74. The fourth-order valence-corrected chi connectivity index (χ4v) is 2.26. The number of nitrogens with zero attached hydrogens (tertiary/aromatic N) is 3. The summed E-state index contributed by atoms with van der Waals surface area (Å²) < 4.78 is 0. The molecule has 0 aromatic carbocycles. The van der Waals surface area contributed by atoms with Gasteiger partial charge in [0.2, 0.25) is 5.91 Å². The number of amides is 1. The maximum absolute atomic E-state index is 11.5. The Labute approximate surface area is 107 Å². The molecule has 1 atom stereocenters. The van der Waals surface area contributed by atoms with Crippen molar-refractivity contribution in [3.8, 4) is 0 Å². The third kappa shape index (κ3) is 2.18. The van der Waals surface area contributed by atoms with Crippen molar-refractivity contribution >= 4 is 23.2 Å². The molecule has 2 heterocycles. The lowest BCUT2D eigenvalue weighted by molar-refractivity contribution is -0.129. The highest BCUT2D eigenvalue weighted by Gasteiger charge is 2.30. The smallest absolute Gasteiger partial charge is 0.220 e. The number of nitrogens with two attached hydrogens (primary N) is 2. The zero-order chi connectivity index (χ0) is 13.3. The number of hydrogen-bond acceptors (Lipinski definition) is 5. The molecule has 1 aliphatic rings. The van der Waals surface area contributed by atoms with E-state index in [0.29, 0.717) is 11.5 Å². The van der Waals surface area contributed by atoms with E-state index in [9.17, 15) is 4.79 Å². The predicted octanol–water partition coefficient (Wildman–Crippen LogP) is 0.651. The molecule has 0 saturated carbocycles. The molecule has 1 aliphatic heterocycles. The van der Waals surface area contributed by atoms with Crippen molar-refractivity contribution in [3.05, 3.63) is 12.1 Å². The minimum Gasteiger partial charge on any atom is -0.396 e. The Morgan fingerprint density at radius 2 is 2.22 bits per heavy atom. The second-order valence-corrected chi connectivity index (χ2v) is 4.59. The van der Waals surface area contributed by atoms with Crippen LogP contribution in [-0.2, 0) is 4.79 Å². The summed E-state index contributed by atoms with van der Waals surface area (Å²) in [6, 6.07) is 3.60. The molecule has 6 heteroatoms. The van der Waals surface area contributed by atoms with Crippen LogP contribution in [0.15, 0.2) is 12.1 Å². The Bertz CT molecular complexity index is 462. The van der Waals surface area contributed by atoms with Crippen molar-refractivity contribution in [2.75, 3.05) is 30.0 Å². The van der Waals surface area contributed by atoms with Crippen molar-refractivity contribution in [2.45, 2.75) is 25.9 Å². The van der Waals surface area contributed by atoms with Crippen LogP contribution in [0.5, 0.6) is 0 Å². The van der Waals surface area contributed by atoms with Crippen LogP contribution < -0.4 is 16.4 Å². The summed E-state index contributed by atoms with van der Waals surface area (Å²) in [5.41, 5.74) is 11.9. The molecular weight excluding hydrogens is 230 g/mol. The monoisotopic (exact) mass is 249 g/mol. The summed E-state index contributed by atoms with van der Waals surface area (Å²) in [7, 11) is 1.81. The zero-order valence-electron chi connectivity index (χ0n) is 10.8. The van der Waals surface area contributed by atoms with E-state index in [1.54, 1.807) is 17.9 Å². The lowest BCUT2D eigenvalue weighted by atomic mass is 10.3. The molecule has 1 aromatic heterocycles. The zero-order valence-corrected chi connectivity index (χ0v) is 10.8. The first-order valence-corrected chi connectivity index (χ1v) is 6.02. The average Bonchev–Trinajstić information content (AvgIpc) is 2.80. The van der Waals surface area contributed by atoms with Crippen LogP contribution in [0.2, 0.25) is 0 Å². The second kappa shape index (κ2) is 4.72. The van der Waals surface area contributed by atoms with Crippen molar-refractivity contribution in [1.82, 2.24) is 9.88 Å². The minimum absolute atomic E-state index is 0.0512. The van der Waals surface area contributed by atoms with E-state index in [1.165, 1.54) is 0 Å². The summed E-state index contributed by atoms with van der Waals surface area (Å²) in [6.45, 7) is 2.44. The van der Waals surface area contributed by atoms with Gasteiger partial charge in [-0.05, 0) is 25.0 Å². The van der Waals surface area contributed by atoms with Crippen molar-refractivity contribution < 1.29 is 4.79 Å². The van der Waals surface area contributed by atoms with Crippen LogP contribution in [0.4, 0.5) is 17.3 Å². The fourth-order valence-electron chi connectivity index (χ4n) is 2.26. The molecule has 0 aliphatic carbocycles. The number of hydrogen-bond donors (Lipinski definition) is 2. The lowest BCUT2D eigenvalue weighted by Gasteiger charge is -2.32. The molecular formula is C12H19N5O. The van der Waals surface area contributed by atoms with E-state index in [1.807, 2.05) is 13.1 Å². The molecule has 1 amide bonds. The number of anilines is 3. The number of carbonyl (C=O) groups is 1. The van der Waals surface area contributed by atoms with Gasteiger partial charge in [-0.3, -0.25) is 4.79 Å². The van der Waals surface area contributed by atoms with E-state index in [-0.39, 0.29) is 12.1 Å². The van der Waals surface area contributed by atoms with Crippen LogP contribution >= 0.6 is 0 Å². The first kappa shape index (κ1) is 12.5. The summed E-state index contributed by atoms with van der Waals surface area (Å²) in [5, 5.41) is 0. The lowest BCUT2D eigenvalue weighted by Crippen LogP contribution is -2.45. The highest BCUT2D eigenvalue weighted by Crippen LogP contribution is 2.27. The van der Waals surface area contributed by atoms with E-state index >= 15 is 0 Å². The quantitative estimate of drug-likeness (QED) is 0.803. The molecule has 0 radical (unpaired) electrons. The van der Waals surface area contributed by atoms with Gasteiger partial charge in [0.05, 0.1) is 5.69 Å². The summed E-state index contributed by atoms with van der Waals surface area (Å²) in [5.74, 6) is 1.16. The molecule has 4 N–H and O–H groups in total. The number of pyridine rings is 1. The third-order valence-electron chi connectivity index (χ3n) is 3.40. The normalized spacial score (nSPS) is 19.0. The van der Waals surface area contributed by atoms with Gasteiger partial charge in [0.25, 0.3) is 0 Å². The van der Waals surface area contributed by atoms with Gasteiger partial charge in [-0.15, -0.1) is 0 Å². The standard InChI is InChI=1S/C12H19N5O/c1-8(18)16(2)11-4-3-7-17(11)10-6-5-9(13)12(14)15-10/h5-6,11H,3-4,7,13H2,1-2H3,(H2,14,15). The largest absolute Gasteiger partial charge is 0.396 e. The Kier molecular flexibility index (Phi) is 3.27. The first-order chi connectivity index (χ1) is 8.50. The van der Waals surface area contributed by atoms with Crippen molar-refractivity contribution in [2.24, 2.45) is 0 Å². The molecule has 1 saturated heterocycles. The van der Waals surface area contributed by atoms with E-state index in [0.717, 1.165) is 25.2 Å². The van der Waals surface area contributed by atoms with Gasteiger partial charge in [-0.1, -0.05) is 0 Å². The molecule has 98 valence electrons. The van der Waals surface area contributed by atoms with Crippen LogP contribution in [-0.4, -0.2) is 35.5 Å². The summed E-state index contributed by atoms with van der Waals surface area (Å²) in [6.07, 6.45) is 2.04. The SMILES string of the molecule is CC(=O)N(C)C1CCCN1c1ccc(N)c(N)n1. The molecule has 0 spiro atoms. The topological polar surface area (TPSA) is 88.5 Å². The van der Waals surface area contributed by atoms with Gasteiger partial charge in [-0.25, -0.2) is 4.98 Å². The Morgan fingerprint density at radius 1 is 1.50 bits per heavy atom. The van der Waals surface area contributed by atoms with Crippen LogP contribution in [0.3, 0.4) is 0 Å². The molecule has 6 nitrogen and oxygen atoms in total. The van der Waals surface area contributed by atoms with Crippen LogP contribution in [0.1, 0.15) is 19.8 Å². The molecule has 2 rings (SSSR count). The molecule has 1 fully saturated rings. The Balaban J connectivity index is 2.25. The van der Waals surface area contributed by atoms with Crippen LogP contribution in [0.25, 0.3) is 0 Å². The van der Waals surface area contributed by atoms with Gasteiger partial charge in [0, 0.05) is 20.5 Å². The minimum atomic E-state index is 0.0512. The summed E-state index contributed by atoms with van der Waals surface area (Å²) >= 11 is 0. The summed E-state index contributed by atoms with van der Waals surface area (Å²) in [4.78, 5) is 19.6. The van der Waals surface area contributed by atoms with E-state index in [2.05, 4.69) is 9.88 Å². The Morgan fingerprint density at radius 3 is 2.83 bits per heavy atom. The van der Waals surface area contributed by atoms with Gasteiger partial charge >= 0.3 is 0 Å². The van der Waals surface area contributed by atoms with Crippen molar-refractivity contribution in [1.29, 1.82) is 0 Å². The average molecular weight is 249 g/mol. The van der Waals surface area contributed by atoms with E-state index in [4.69, 9.17) is 11.5 Å². The van der Waals surface area contributed by atoms with Crippen molar-refractivity contribution in [3.63, 3.8) is 0 Å². The van der Waals surface area contributed by atoms with E-state index < -0.39 is 0 Å². The number of nitrogen functional groups attached to an aromatic ring is 2.